The number of benzene rings is 1. The number of anilines is 2. The molecule has 0 fully saturated rings. The van der Waals surface area contributed by atoms with E-state index in [0.717, 1.165) is 16.6 Å². The number of hydrogen-bond donors (Lipinski definition) is 3. The summed E-state index contributed by atoms with van der Waals surface area (Å²) in [6.07, 6.45) is 1.83. The fourth-order valence-electron chi connectivity index (χ4n) is 2.29. The number of aromatic nitrogens is 4. The largest absolute Gasteiger partial charge is 0.324 e. The second-order valence-corrected chi connectivity index (χ2v) is 5.47. The Bertz CT molecular complexity index is 816. The number of carbonyl (C=O) groups excluding carboxylic acids is 1. The van der Waals surface area contributed by atoms with Crippen LogP contribution in [0.4, 0.5) is 16.3 Å². The van der Waals surface area contributed by atoms with Gasteiger partial charge in [0, 0.05) is 28.9 Å². The zero-order valence-electron chi connectivity index (χ0n) is 12.7. The van der Waals surface area contributed by atoms with Crippen molar-refractivity contribution in [3.05, 3.63) is 36.2 Å². The van der Waals surface area contributed by atoms with E-state index in [-0.39, 0.29) is 12.1 Å². The van der Waals surface area contributed by atoms with Crippen LogP contribution in [0.25, 0.3) is 10.9 Å². The topological polar surface area (TPSA) is 87.6 Å². The van der Waals surface area contributed by atoms with Crippen LogP contribution in [-0.4, -0.2) is 26.0 Å². The van der Waals surface area contributed by atoms with E-state index in [1.54, 1.807) is 6.07 Å². The Kier molecular flexibility index (Phi) is 3.54. The van der Waals surface area contributed by atoms with Crippen LogP contribution in [0.5, 0.6) is 0 Å². The first-order valence-electron chi connectivity index (χ1n) is 7.10. The van der Waals surface area contributed by atoms with Crippen molar-refractivity contribution in [2.75, 3.05) is 10.6 Å². The van der Waals surface area contributed by atoms with Gasteiger partial charge in [0.1, 0.15) is 0 Å². The molecule has 0 unspecified atom stereocenters. The summed E-state index contributed by atoms with van der Waals surface area (Å²) in [5, 5.41) is 17.6. The maximum Gasteiger partial charge on any atom is 0.324 e. The normalized spacial score (nSPS) is 11.1. The maximum absolute atomic E-state index is 12.0. The summed E-state index contributed by atoms with van der Waals surface area (Å²) in [6.45, 7) is 6.01. The lowest BCUT2D eigenvalue weighted by atomic mass is 10.2. The Labute approximate surface area is 127 Å². The minimum absolute atomic E-state index is 0.258. The molecule has 2 aromatic heterocycles. The molecule has 7 heteroatoms. The van der Waals surface area contributed by atoms with Gasteiger partial charge in [-0.15, -0.1) is 0 Å². The first-order chi connectivity index (χ1) is 10.5. The second kappa shape index (κ2) is 5.51. The third-order valence-corrected chi connectivity index (χ3v) is 3.29. The molecule has 0 atom stereocenters. The summed E-state index contributed by atoms with van der Waals surface area (Å²) < 4.78 is 1.93. The molecule has 0 radical (unpaired) electrons. The Morgan fingerprint density at radius 3 is 2.77 bits per heavy atom. The van der Waals surface area contributed by atoms with Crippen LogP contribution in [-0.2, 0) is 0 Å². The molecule has 0 aliphatic heterocycles. The zero-order valence-corrected chi connectivity index (χ0v) is 12.7. The number of carbonyl (C=O) groups is 1. The molecule has 22 heavy (non-hydrogen) atoms. The Morgan fingerprint density at radius 1 is 1.27 bits per heavy atom. The van der Waals surface area contributed by atoms with Crippen molar-refractivity contribution >= 4 is 28.4 Å². The highest BCUT2D eigenvalue weighted by molar-refractivity contribution is 6.00. The zero-order chi connectivity index (χ0) is 15.7. The summed E-state index contributed by atoms with van der Waals surface area (Å²) in [5.74, 6) is 0.489. The lowest BCUT2D eigenvalue weighted by molar-refractivity contribution is 0.262. The van der Waals surface area contributed by atoms with Crippen molar-refractivity contribution < 1.29 is 4.79 Å². The molecule has 3 aromatic rings. The van der Waals surface area contributed by atoms with Gasteiger partial charge in [-0.05, 0) is 39.0 Å². The average Bonchev–Trinajstić information content (AvgIpc) is 3.04. The summed E-state index contributed by atoms with van der Waals surface area (Å²) in [7, 11) is 0. The van der Waals surface area contributed by atoms with Crippen LogP contribution in [0.3, 0.4) is 0 Å². The van der Waals surface area contributed by atoms with Gasteiger partial charge in [0.25, 0.3) is 0 Å². The van der Waals surface area contributed by atoms with Crippen molar-refractivity contribution in [1.82, 2.24) is 20.0 Å². The highest BCUT2D eigenvalue weighted by atomic mass is 16.2. The summed E-state index contributed by atoms with van der Waals surface area (Å²) in [6, 6.07) is 7.39. The van der Waals surface area contributed by atoms with E-state index in [1.807, 2.05) is 36.0 Å². The van der Waals surface area contributed by atoms with Gasteiger partial charge in [-0.25, -0.2) is 4.79 Å². The number of urea groups is 1. The Hall–Kier alpha value is -2.83. The third kappa shape index (κ3) is 2.78. The number of aryl methyl sites for hydroxylation is 1. The van der Waals surface area contributed by atoms with E-state index < -0.39 is 0 Å². The summed E-state index contributed by atoms with van der Waals surface area (Å²) in [5.41, 5.74) is 2.58. The number of H-pyrrole nitrogens is 1. The van der Waals surface area contributed by atoms with Gasteiger partial charge < -0.3 is 5.32 Å². The van der Waals surface area contributed by atoms with E-state index >= 15 is 0 Å². The molecule has 0 aliphatic carbocycles. The van der Waals surface area contributed by atoms with Crippen LogP contribution in [0, 0.1) is 6.92 Å². The van der Waals surface area contributed by atoms with Crippen molar-refractivity contribution in [3.63, 3.8) is 0 Å². The number of aromatic amines is 1. The third-order valence-electron chi connectivity index (χ3n) is 3.29. The van der Waals surface area contributed by atoms with Gasteiger partial charge in [0.2, 0.25) is 0 Å². The van der Waals surface area contributed by atoms with Crippen molar-refractivity contribution in [3.8, 4) is 0 Å². The predicted octanol–water partition coefficient (Wildman–Crippen LogP) is 3.29. The van der Waals surface area contributed by atoms with Crippen LogP contribution in [0.15, 0.2) is 30.5 Å². The standard InChI is InChI=1S/C15H18N6O/c1-9(2)21-13-7-12(5-4-11(13)8-16-21)17-15(22)18-14-6-10(3)19-20-14/h4-9H,1-3H3,(H3,17,18,19,20,22). The molecule has 0 aliphatic rings. The van der Waals surface area contributed by atoms with Crippen molar-refractivity contribution in [1.29, 1.82) is 0 Å². The van der Waals surface area contributed by atoms with Crippen LogP contribution < -0.4 is 10.6 Å². The number of rotatable bonds is 3. The molecule has 1 aromatic carbocycles. The Morgan fingerprint density at radius 2 is 2.09 bits per heavy atom. The van der Waals surface area contributed by atoms with E-state index in [9.17, 15) is 4.79 Å². The van der Waals surface area contributed by atoms with Gasteiger partial charge in [-0.3, -0.25) is 15.1 Å². The van der Waals surface area contributed by atoms with Crippen LogP contribution in [0.1, 0.15) is 25.6 Å². The SMILES string of the molecule is Cc1cc(NC(=O)Nc2ccc3cnn(C(C)C)c3c2)n[nH]1. The Balaban J connectivity index is 1.78. The number of amides is 2. The average molecular weight is 298 g/mol. The first kappa shape index (κ1) is 14.1. The lowest BCUT2D eigenvalue weighted by Crippen LogP contribution is -2.19. The van der Waals surface area contributed by atoms with Gasteiger partial charge in [0.15, 0.2) is 5.82 Å². The highest BCUT2D eigenvalue weighted by Gasteiger charge is 2.09. The molecule has 0 saturated heterocycles. The minimum Gasteiger partial charge on any atom is -0.308 e. The summed E-state index contributed by atoms with van der Waals surface area (Å²) >= 11 is 0. The molecular formula is C15H18N6O. The molecule has 114 valence electrons. The van der Waals surface area contributed by atoms with Crippen LogP contribution in [0.2, 0.25) is 0 Å². The quantitative estimate of drug-likeness (QED) is 0.693. The maximum atomic E-state index is 12.0. The van der Waals surface area contributed by atoms with E-state index in [0.29, 0.717) is 11.5 Å². The van der Waals surface area contributed by atoms with E-state index in [2.05, 4.69) is 39.8 Å². The minimum atomic E-state index is -0.332. The van der Waals surface area contributed by atoms with Gasteiger partial charge in [-0.2, -0.15) is 10.2 Å². The van der Waals surface area contributed by atoms with Crippen LogP contribution >= 0.6 is 0 Å². The first-order valence-corrected chi connectivity index (χ1v) is 7.10. The molecule has 2 amide bonds. The molecule has 3 rings (SSSR count). The van der Waals surface area contributed by atoms with E-state index in [1.165, 1.54) is 0 Å². The molecule has 0 bridgehead atoms. The second-order valence-electron chi connectivity index (χ2n) is 5.47. The number of nitrogens with zero attached hydrogens (tertiary/aromatic N) is 3. The van der Waals surface area contributed by atoms with Gasteiger partial charge in [-0.1, -0.05) is 0 Å². The van der Waals surface area contributed by atoms with Crippen molar-refractivity contribution in [2.45, 2.75) is 26.8 Å². The highest BCUT2D eigenvalue weighted by Crippen LogP contribution is 2.21. The molecular weight excluding hydrogens is 280 g/mol. The number of nitrogens with one attached hydrogen (secondary N) is 3. The molecule has 0 spiro atoms. The van der Waals surface area contributed by atoms with Gasteiger partial charge >= 0.3 is 6.03 Å². The molecule has 0 saturated carbocycles. The predicted molar refractivity (Wildman–Crippen MR) is 86.1 cm³/mol. The smallest absolute Gasteiger partial charge is 0.308 e. The monoisotopic (exact) mass is 298 g/mol. The van der Waals surface area contributed by atoms with Gasteiger partial charge in [0.05, 0.1) is 11.7 Å². The van der Waals surface area contributed by atoms with Crippen molar-refractivity contribution in [2.24, 2.45) is 0 Å². The molecule has 2 heterocycles. The lowest BCUT2D eigenvalue weighted by Gasteiger charge is -2.09. The number of fused-ring (bicyclic) bond motifs is 1. The summed E-state index contributed by atoms with van der Waals surface area (Å²) in [4.78, 5) is 12.0. The van der Waals surface area contributed by atoms with E-state index in [4.69, 9.17) is 0 Å². The number of hydrogen-bond acceptors (Lipinski definition) is 3. The molecule has 7 nitrogen and oxygen atoms in total. The fraction of sp³-hybridized carbons (Fsp3) is 0.267. The fourth-order valence-corrected chi connectivity index (χ4v) is 2.29. The molecule has 3 N–H and O–H groups in total.